The second-order valence-corrected chi connectivity index (χ2v) is 14.1. The zero-order valence-electron chi connectivity index (χ0n) is 32.8. The Morgan fingerprint density at radius 3 is 0.980 bits per heavy atom. The van der Waals surface area contributed by atoms with Crippen molar-refractivity contribution in [2.24, 2.45) is 0 Å². The number of allylic oxidation sites excluding steroid dienone is 2. The Kier molecular flexibility index (Phi) is 44.2. The summed E-state index contributed by atoms with van der Waals surface area (Å²) in [6.45, 7) is 3.56. The van der Waals surface area contributed by atoms with E-state index in [1.807, 2.05) is 0 Å². The van der Waals surface area contributed by atoms with Gasteiger partial charge >= 0.3 is 11.9 Å². The van der Waals surface area contributed by atoms with E-state index in [0.717, 1.165) is 38.5 Å². The molecule has 0 aliphatic heterocycles. The van der Waals surface area contributed by atoms with Gasteiger partial charge in [0.15, 0.2) is 0 Å². The second-order valence-electron chi connectivity index (χ2n) is 14.1. The van der Waals surface area contributed by atoms with Crippen molar-refractivity contribution in [3.8, 4) is 0 Å². The maximum Gasteiger partial charge on any atom is 0.305 e. The highest BCUT2D eigenvalue weighted by molar-refractivity contribution is 5.69. The van der Waals surface area contributed by atoms with E-state index in [9.17, 15) is 9.59 Å². The van der Waals surface area contributed by atoms with Gasteiger partial charge < -0.3 is 29.9 Å². The van der Waals surface area contributed by atoms with Crippen LogP contribution < -0.4 is 0 Å². The van der Waals surface area contributed by atoms with Crippen LogP contribution in [0.4, 0.5) is 0 Å². The van der Waals surface area contributed by atoms with Crippen molar-refractivity contribution in [3.05, 3.63) is 12.2 Å². The van der Waals surface area contributed by atoms with Crippen LogP contribution in [-0.4, -0.2) is 71.0 Å². The number of rotatable bonds is 37. The fourth-order valence-corrected chi connectivity index (χ4v) is 5.61. The molecule has 0 aromatic carbocycles. The molecule has 0 saturated carbocycles. The van der Waals surface area contributed by atoms with Crippen LogP contribution in [0.2, 0.25) is 0 Å². The summed E-state index contributed by atoms with van der Waals surface area (Å²) >= 11 is 0. The first-order valence-corrected chi connectivity index (χ1v) is 20.9. The van der Waals surface area contributed by atoms with E-state index < -0.39 is 12.2 Å². The summed E-state index contributed by atoms with van der Waals surface area (Å²) in [7, 11) is 0. The predicted molar refractivity (Wildman–Crippen MR) is 207 cm³/mol. The molecule has 8 heteroatoms. The van der Waals surface area contributed by atoms with Crippen molar-refractivity contribution in [1.82, 2.24) is 0 Å². The average Bonchev–Trinajstić information content (AvgIpc) is 3.12. The van der Waals surface area contributed by atoms with Crippen molar-refractivity contribution >= 4 is 11.9 Å². The molecule has 50 heavy (non-hydrogen) atoms. The Labute approximate surface area is 308 Å². The monoisotopic (exact) mass is 715 g/mol. The van der Waals surface area contributed by atoms with E-state index in [2.05, 4.69) is 26.0 Å². The molecule has 0 fully saturated rings. The minimum Gasteiger partial charge on any atom is -0.463 e. The highest BCUT2D eigenvalue weighted by Gasteiger charge is 2.08. The topological polar surface area (TPSA) is 134 Å². The second kappa shape index (κ2) is 43.7. The summed E-state index contributed by atoms with van der Waals surface area (Å²) < 4.78 is 9.72. The van der Waals surface area contributed by atoms with Gasteiger partial charge in [-0.1, -0.05) is 167 Å². The van der Waals surface area contributed by atoms with E-state index >= 15 is 0 Å². The van der Waals surface area contributed by atoms with Crippen molar-refractivity contribution < 1.29 is 39.5 Å². The molecule has 0 radical (unpaired) electrons. The largest absolute Gasteiger partial charge is 0.463 e. The third-order valence-corrected chi connectivity index (χ3v) is 8.92. The molecule has 0 aliphatic carbocycles. The molecular formula is C42H82O8. The molecule has 2 unspecified atom stereocenters. The number of carbonyl (C=O) groups is 2. The lowest BCUT2D eigenvalue weighted by Crippen LogP contribution is -2.21. The maximum absolute atomic E-state index is 11.4. The standard InChI is InChI=1S/C21H42O4.C21H40O4/c2*1-2-3-4-5-6-7-8-9-10-11-12-13-14-15-16-17-21(24)25-19-20(23)18-22/h20,22-23H,2-19H2,1H3;9-10,20,22-23H,2-8,11-19H2,1H3. The lowest BCUT2D eigenvalue weighted by molar-refractivity contribution is -0.148. The maximum atomic E-state index is 11.4. The van der Waals surface area contributed by atoms with Crippen LogP contribution in [0.5, 0.6) is 0 Å². The number of esters is 2. The van der Waals surface area contributed by atoms with E-state index in [1.165, 1.54) is 141 Å². The van der Waals surface area contributed by atoms with Crippen LogP contribution in [0.15, 0.2) is 12.2 Å². The van der Waals surface area contributed by atoms with Crippen molar-refractivity contribution in [1.29, 1.82) is 0 Å². The van der Waals surface area contributed by atoms with Gasteiger partial charge in [-0.05, 0) is 38.5 Å². The highest BCUT2D eigenvalue weighted by Crippen LogP contribution is 2.14. The molecule has 0 aromatic rings. The molecule has 0 amide bonds. The quantitative estimate of drug-likeness (QED) is 0.0284. The minimum absolute atomic E-state index is 0.103. The van der Waals surface area contributed by atoms with E-state index in [4.69, 9.17) is 29.9 Å². The van der Waals surface area contributed by atoms with Gasteiger partial charge in [0.25, 0.3) is 0 Å². The van der Waals surface area contributed by atoms with Crippen molar-refractivity contribution in [2.45, 2.75) is 219 Å². The molecule has 0 heterocycles. The van der Waals surface area contributed by atoms with E-state index in [0.29, 0.717) is 12.8 Å². The SMILES string of the molecule is CCCCCCCCC=CCCCCCCCC(=O)OCC(O)CO.CCCCCCCCCCCCCCCCCC(=O)OCC(O)CO. The number of aliphatic hydroxyl groups is 4. The van der Waals surface area contributed by atoms with Crippen LogP contribution >= 0.6 is 0 Å². The van der Waals surface area contributed by atoms with E-state index in [1.54, 1.807) is 0 Å². The Balaban J connectivity index is 0. The fourth-order valence-electron chi connectivity index (χ4n) is 5.61. The molecule has 0 bridgehead atoms. The van der Waals surface area contributed by atoms with Gasteiger partial charge in [-0.2, -0.15) is 0 Å². The Bertz CT molecular complexity index is 714. The van der Waals surface area contributed by atoms with E-state index in [-0.39, 0.29) is 38.4 Å². The minimum atomic E-state index is -0.960. The molecule has 8 nitrogen and oxygen atoms in total. The summed E-state index contributed by atoms with van der Waals surface area (Å²) in [6.07, 6.45) is 39.1. The molecule has 0 spiro atoms. The molecule has 0 aliphatic rings. The number of aliphatic hydroxyl groups excluding tert-OH is 4. The summed E-state index contributed by atoms with van der Waals surface area (Å²) in [4.78, 5) is 22.8. The summed E-state index contributed by atoms with van der Waals surface area (Å²) in [5, 5.41) is 35.4. The first kappa shape index (κ1) is 50.6. The molecule has 4 N–H and O–H groups in total. The van der Waals surface area contributed by atoms with Gasteiger partial charge in [0.2, 0.25) is 0 Å². The molecular weight excluding hydrogens is 632 g/mol. The lowest BCUT2D eigenvalue weighted by atomic mass is 10.0. The number of carbonyl (C=O) groups excluding carboxylic acids is 2. The Hall–Kier alpha value is -1.48. The highest BCUT2D eigenvalue weighted by atomic mass is 16.5. The van der Waals surface area contributed by atoms with Gasteiger partial charge in [0.05, 0.1) is 13.2 Å². The molecule has 0 saturated heterocycles. The third-order valence-electron chi connectivity index (χ3n) is 8.92. The van der Waals surface area contributed by atoms with Gasteiger partial charge in [-0.25, -0.2) is 0 Å². The Morgan fingerprint density at radius 1 is 0.440 bits per heavy atom. The van der Waals surface area contributed by atoms with Crippen LogP contribution in [0.1, 0.15) is 206 Å². The van der Waals surface area contributed by atoms with Crippen molar-refractivity contribution in [3.63, 3.8) is 0 Å². The fraction of sp³-hybridized carbons (Fsp3) is 0.905. The van der Waals surface area contributed by atoms with Crippen LogP contribution in [0, 0.1) is 0 Å². The van der Waals surface area contributed by atoms with Gasteiger partial charge in [0.1, 0.15) is 25.4 Å². The molecule has 0 aromatic heterocycles. The molecule has 298 valence electrons. The summed E-state index contributed by atoms with van der Waals surface area (Å²) in [6, 6.07) is 0. The first-order valence-electron chi connectivity index (χ1n) is 20.9. The van der Waals surface area contributed by atoms with Crippen LogP contribution in [0.3, 0.4) is 0 Å². The first-order chi connectivity index (χ1) is 24.4. The van der Waals surface area contributed by atoms with Gasteiger partial charge in [-0.15, -0.1) is 0 Å². The van der Waals surface area contributed by atoms with Crippen LogP contribution in [-0.2, 0) is 19.1 Å². The van der Waals surface area contributed by atoms with Gasteiger partial charge in [0, 0.05) is 12.8 Å². The number of hydrogen-bond acceptors (Lipinski definition) is 8. The zero-order valence-corrected chi connectivity index (χ0v) is 32.8. The van der Waals surface area contributed by atoms with Crippen molar-refractivity contribution in [2.75, 3.05) is 26.4 Å². The summed E-state index contributed by atoms with van der Waals surface area (Å²) in [5.74, 6) is -0.563. The average molecular weight is 715 g/mol. The number of hydrogen-bond donors (Lipinski definition) is 4. The molecule has 0 rings (SSSR count). The summed E-state index contributed by atoms with van der Waals surface area (Å²) in [5.41, 5.74) is 0. The predicted octanol–water partition coefficient (Wildman–Crippen LogP) is 10.1. The zero-order chi connectivity index (χ0) is 37.2. The molecule has 2 atom stereocenters. The number of unbranched alkanes of at least 4 members (excludes halogenated alkanes) is 25. The van der Waals surface area contributed by atoms with Crippen LogP contribution in [0.25, 0.3) is 0 Å². The lowest BCUT2D eigenvalue weighted by Gasteiger charge is -2.08. The smallest absolute Gasteiger partial charge is 0.305 e. The Morgan fingerprint density at radius 2 is 0.700 bits per heavy atom. The van der Waals surface area contributed by atoms with Gasteiger partial charge in [-0.3, -0.25) is 9.59 Å². The third kappa shape index (κ3) is 44.5. The number of ether oxygens (including phenoxy) is 2. The normalized spacial score (nSPS) is 12.4.